The summed E-state index contributed by atoms with van der Waals surface area (Å²) >= 11 is 5.87. The first kappa shape index (κ1) is 13.8. The van der Waals surface area contributed by atoms with E-state index in [0.717, 1.165) is 0 Å². The molecule has 1 aromatic heterocycles. The molecule has 2 heterocycles. The Balaban J connectivity index is 1.85. The molecule has 102 valence electrons. The van der Waals surface area contributed by atoms with E-state index in [1.807, 2.05) is 0 Å². The van der Waals surface area contributed by atoms with Crippen molar-refractivity contribution in [1.29, 1.82) is 0 Å². The summed E-state index contributed by atoms with van der Waals surface area (Å²) in [7, 11) is 0. The third kappa shape index (κ3) is 3.42. The van der Waals surface area contributed by atoms with Gasteiger partial charge in [0.1, 0.15) is 0 Å². The van der Waals surface area contributed by atoms with Gasteiger partial charge in [-0.05, 0) is 18.9 Å². The van der Waals surface area contributed by atoms with Crippen LogP contribution in [0.3, 0.4) is 0 Å². The largest absolute Gasteiger partial charge is 0.479 e. The molecule has 0 aliphatic carbocycles. The average Bonchev–Trinajstić information content (AvgIpc) is 2.85. The number of halogens is 1. The number of nitrogens with zero attached hydrogens (tertiary/aromatic N) is 1. The lowest BCUT2D eigenvalue weighted by molar-refractivity contribution is -0.149. The summed E-state index contributed by atoms with van der Waals surface area (Å²) < 4.78 is 5.28. The van der Waals surface area contributed by atoms with E-state index >= 15 is 0 Å². The Kier molecular flexibility index (Phi) is 4.34. The number of carbonyl (C=O) groups is 2. The van der Waals surface area contributed by atoms with Gasteiger partial charge in [0.05, 0.1) is 16.7 Å². The van der Waals surface area contributed by atoms with Gasteiger partial charge < -0.3 is 15.2 Å². The van der Waals surface area contributed by atoms with Crippen LogP contribution in [0, 0.1) is 0 Å². The van der Waals surface area contributed by atoms with Gasteiger partial charge in [0.25, 0.3) is 5.91 Å². The molecule has 2 atom stereocenters. The summed E-state index contributed by atoms with van der Waals surface area (Å²) in [6.07, 6.45) is 2.90. The van der Waals surface area contributed by atoms with Gasteiger partial charge in [-0.2, -0.15) is 0 Å². The zero-order chi connectivity index (χ0) is 13.8. The molecule has 1 amide bonds. The maximum Gasteiger partial charge on any atom is 0.332 e. The quantitative estimate of drug-likeness (QED) is 0.864. The third-order valence-corrected chi connectivity index (χ3v) is 3.22. The lowest BCUT2D eigenvalue weighted by atomic mass is 10.2. The number of carbonyl (C=O) groups excluding carboxylic acids is 1. The molecular formula is C12H13ClN2O4. The van der Waals surface area contributed by atoms with Gasteiger partial charge in [0.15, 0.2) is 6.10 Å². The van der Waals surface area contributed by atoms with Crippen molar-refractivity contribution in [3.05, 3.63) is 29.0 Å². The van der Waals surface area contributed by atoms with E-state index < -0.39 is 12.1 Å². The molecule has 2 rings (SSSR count). The van der Waals surface area contributed by atoms with Crippen LogP contribution in [0.4, 0.5) is 0 Å². The summed E-state index contributed by atoms with van der Waals surface area (Å²) in [5, 5.41) is 11.8. The Morgan fingerprint density at radius 1 is 1.53 bits per heavy atom. The summed E-state index contributed by atoms with van der Waals surface area (Å²) in [5.74, 6) is -1.32. The van der Waals surface area contributed by atoms with E-state index in [9.17, 15) is 9.59 Å². The van der Waals surface area contributed by atoms with Crippen LogP contribution >= 0.6 is 11.6 Å². The molecule has 1 aromatic rings. The minimum atomic E-state index is -0.968. The van der Waals surface area contributed by atoms with Crippen LogP contribution in [-0.2, 0) is 9.53 Å². The van der Waals surface area contributed by atoms with Crippen molar-refractivity contribution in [3.8, 4) is 0 Å². The first-order valence-corrected chi connectivity index (χ1v) is 6.21. The number of rotatable bonds is 4. The van der Waals surface area contributed by atoms with Gasteiger partial charge in [-0.3, -0.25) is 9.78 Å². The van der Waals surface area contributed by atoms with Gasteiger partial charge in [0.2, 0.25) is 0 Å². The molecule has 2 N–H and O–H groups in total. The van der Waals surface area contributed by atoms with Crippen molar-refractivity contribution < 1.29 is 19.4 Å². The summed E-state index contributed by atoms with van der Waals surface area (Å²) in [5.41, 5.74) is 0.289. The molecule has 2 unspecified atom stereocenters. The molecule has 1 aliphatic rings. The summed E-state index contributed by atoms with van der Waals surface area (Å²) in [6, 6.07) is 1.53. The van der Waals surface area contributed by atoms with Crippen molar-refractivity contribution in [3.63, 3.8) is 0 Å². The van der Waals surface area contributed by atoms with Crippen LogP contribution in [0.2, 0.25) is 5.02 Å². The third-order valence-electron chi connectivity index (χ3n) is 2.89. The predicted octanol–water partition coefficient (Wildman–Crippen LogP) is 1.10. The molecule has 6 nitrogen and oxygen atoms in total. The summed E-state index contributed by atoms with van der Waals surface area (Å²) in [6.45, 7) is 0.258. The number of carboxylic acids is 1. The van der Waals surface area contributed by atoms with Crippen molar-refractivity contribution in [1.82, 2.24) is 10.3 Å². The second-order valence-electron chi connectivity index (χ2n) is 4.23. The highest BCUT2D eigenvalue weighted by atomic mass is 35.5. The molecule has 0 spiro atoms. The van der Waals surface area contributed by atoms with E-state index in [0.29, 0.717) is 17.9 Å². The Morgan fingerprint density at radius 2 is 2.32 bits per heavy atom. The zero-order valence-electron chi connectivity index (χ0n) is 10.0. The summed E-state index contributed by atoms with van der Waals surface area (Å²) in [4.78, 5) is 26.4. The lowest BCUT2D eigenvalue weighted by Crippen LogP contribution is -2.33. The number of nitrogens with one attached hydrogen (secondary N) is 1. The van der Waals surface area contributed by atoms with E-state index in [1.165, 1.54) is 18.5 Å². The molecule has 0 bridgehead atoms. The number of hydrogen-bond acceptors (Lipinski definition) is 4. The number of aromatic nitrogens is 1. The van der Waals surface area contributed by atoms with Gasteiger partial charge in [-0.15, -0.1) is 0 Å². The molecule has 1 fully saturated rings. The highest BCUT2D eigenvalue weighted by molar-refractivity contribution is 6.33. The number of pyridine rings is 1. The molecule has 0 radical (unpaired) electrons. The zero-order valence-corrected chi connectivity index (χ0v) is 10.8. The Labute approximate surface area is 114 Å². The normalized spacial score (nSPS) is 22.2. The first-order valence-electron chi connectivity index (χ1n) is 5.84. The van der Waals surface area contributed by atoms with Gasteiger partial charge in [-0.25, -0.2) is 4.79 Å². The van der Waals surface area contributed by atoms with Crippen LogP contribution in [0.15, 0.2) is 18.5 Å². The molecular weight excluding hydrogens is 272 g/mol. The highest BCUT2D eigenvalue weighted by Crippen LogP contribution is 2.19. The fraction of sp³-hybridized carbons (Fsp3) is 0.417. The van der Waals surface area contributed by atoms with Crippen molar-refractivity contribution in [2.75, 3.05) is 6.54 Å². The maximum absolute atomic E-state index is 11.8. The van der Waals surface area contributed by atoms with Gasteiger partial charge in [0, 0.05) is 18.9 Å². The Hall–Kier alpha value is -1.66. The Bertz CT molecular complexity index is 494. The SMILES string of the molecule is O=C(NCC1CCC(C(=O)O)O1)c1cnccc1Cl. The number of aliphatic carboxylic acids is 1. The fourth-order valence-electron chi connectivity index (χ4n) is 1.88. The predicted molar refractivity (Wildman–Crippen MR) is 67.1 cm³/mol. The molecule has 1 saturated heterocycles. The van der Waals surface area contributed by atoms with Crippen molar-refractivity contribution in [2.24, 2.45) is 0 Å². The van der Waals surface area contributed by atoms with Crippen molar-refractivity contribution >= 4 is 23.5 Å². The standard InChI is InChI=1S/C12H13ClN2O4/c13-9-3-4-14-6-8(9)11(16)15-5-7-1-2-10(19-7)12(17)18/h3-4,6-7,10H,1-2,5H2,(H,15,16)(H,17,18). The monoisotopic (exact) mass is 284 g/mol. The highest BCUT2D eigenvalue weighted by Gasteiger charge is 2.30. The van der Waals surface area contributed by atoms with Gasteiger partial charge >= 0.3 is 5.97 Å². The van der Waals surface area contributed by atoms with E-state index in [1.54, 1.807) is 0 Å². The number of hydrogen-bond donors (Lipinski definition) is 2. The fourth-order valence-corrected chi connectivity index (χ4v) is 2.07. The second-order valence-corrected chi connectivity index (χ2v) is 4.64. The van der Waals surface area contributed by atoms with Crippen LogP contribution in [0.25, 0.3) is 0 Å². The Morgan fingerprint density at radius 3 is 2.95 bits per heavy atom. The number of carboxylic acid groups (broad SMARTS) is 1. The maximum atomic E-state index is 11.8. The van der Waals surface area contributed by atoms with Crippen LogP contribution in [0.1, 0.15) is 23.2 Å². The number of ether oxygens (including phenoxy) is 1. The molecule has 0 aromatic carbocycles. The van der Waals surface area contributed by atoms with E-state index in [4.69, 9.17) is 21.4 Å². The average molecular weight is 285 g/mol. The molecule has 1 aliphatic heterocycles. The lowest BCUT2D eigenvalue weighted by Gasteiger charge is -2.12. The number of amides is 1. The van der Waals surface area contributed by atoms with Crippen LogP contribution < -0.4 is 5.32 Å². The smallest absolute Gasteiger partial charge is 0.332 e. The van der Waals surface area contributed by atoms with Crippen LogP contribution in [0.5, 0.6) is 0 Å². The molecule has 7 heteroatoms. The first-order chi connectivity index (χ1) is 9.08. The second kappa shape index (κ2) is 5.99. The molecule has 0 saturated carbocycles. The van der Waals surface area contributed by atoms with Crippen molar-refractivity contribution in [2.45, 2.75) is 25.0 Å². The minimum Gasteiger partial charge on any atom is -0.479 e. The minimum absolute atomic E-state index is 0.258. The topological polar surface area (TPSA) is 88.5 Å². The van der Waals surface area contributed by atoms with Crippen LogP contribution in [-0.4, -0.2) is 40.7 Å². The molecule has 19 heavy (non-hydrogen) atoms. The van der Waals surface area contributed by atoms with E-state index in [-0.39, 0.29) is 24.1 Å². The van der Waals surface area contributed by atoms with Gasteiger partial charge in [-0.1, -0.05) is 11.6 Å². The van der Waals surface area contributed by atoms with E-state index in [2.05, 4.69) is 10.3 Å².